The third-order valence-electron chi connectivity index (χ3n) is 4.27. The van der Waals surface area contributed by atoms with Crippen LogP contribution >= 0.6 is 0 Å². The molecule has 124 valence electrons. The average Bonchev–Trinajstić information content (AvgIpc) is 2.42. The van der Waals surface area contributed by atoms with Crippen molar-refractivity contribution >= 4 is 23.4 Å². The zero-order valence-electron chi connectivity index (χ0n) is 15.2. The molecule has 0 radical (unpaired) electrons. The summed E-state index contributed by atoms with van der Waals surface area (Å²) in [5.41, 5.74) is 2.50. The second kappa shape index (κ2) is 5.84. The lowest BCUT2D eigenvalue weighted by Gasteiger charge is -2.26. The number of benzene rings is 2. The summed E-state index contributed by atoms with van der Waals surface area (Å²) in [6.45, 7) is 12.8. The molecule has 23 heavy (non-hydrogen) atoms. The van der Waals surface area contributed by atoms with Crippen molar-refractivity contribution in [3.63, 3.8) is 0 Å². The highest BCUT2D eigenvalue weighted by Gasteiger charge is 2.29. The third kappa shape index (κ3) is 3.38. The van der Waals surface area contributed by atoms with Crippen molar-refractivity contribution < 1.29 is 14.8 Å². The molecule has 0 unspecified atom stereocenters. The molecule has 0 bridgehead atoms. The van der Waals surface area contributed by atoms with E-state index in [-0.39, 0.29) is 10.8 Å². The van der Waals surface area contributed by atoms with Gasteiger partial charge in [0.1, 0.15) is 5.75 Å². The SMILES string of the molecule is COc1c(C(C)(C)C)cc2cc(C(C)(C)C)ccc2c1B(O)O. The second-order valence-electron chi connectivity index (χ2n) is 8.18. The Morgan fingerprint density at radius 2 is 1.52 bits per heavy atom. The quantitative estimate of drug-likeness (QED) is 0.837. The van der Waals surface area contributed by atoms with Crippen LogP contribution in [0.5, 0.6) is 5.75 Å². The highest BCUT2D eigenvalue weighted by molar-refractivity contribution is 6.63. The standard InChI is InChI=1S/C19H27BO3/c1-18(2,3)13-8-9-14-12(10-13)11-15(19(4,5)6)17(23-7)16(14)20(21)22/h8-11,21-22H,1-7H3. The van der Waals surface area contributed by atoms with Crippen LogP contribution in [0.3, 0.4) is 0 Å². The van der Waals surface area contributed by atoms with E-state index in [1.165, 1.54) is 5.56 Å². The van der Waals surface area contributed by atoms with Gasteiger partial charge in [0.2, 0.25) is 0 Å². The minimum absolute atomic E-state index is 0.0357. The van der Waals surface area contributed by atoms with E-state index in [2.05, 4.69) is 53.7 Å². The molecule has 4 heteroatoms. The van der Waals surface area contributed by atoms with E-state index in [4.69, 9.17) is 4.74 Å². The van der Waals surface area contributed by atoms with Crippen LogP contribution < -0.4 is 10.2 Å². The molecule has 0 amide bonds. The van der Waals surface area contributed by atoms with E-state index in [1.54, 1.807) is 7.11 Å². The van der Waals surface area contributed by atoms with Gasteiger partial charge in [-0.25, -0.2) is 0 Å². The molecule has 0 fully saturated rings. The van der Waals surface area contributed by atoms with Crippen molar-refractivity contribution in [2.75, 3.05) is 7.11 Å². The van der Waals surface area contributed by atoms with Crippen LogP contribution in [-0.2, 0) is 10.8 Å². The van der Waals surface area contributed by atoms with Crippen molar-refractivity contribution in [1.82, 2.24) is 0 Å². The molecule has 2 N–H and O–H groups in total. The lowest BCUT2D eigenvalue weighted by atomic mass is 9.71. The van der Waals surface area contributed by atoms with Crippen LogP contribution in [0.1, 0.15) is 52.7 Å². The number of hydrogen-bond donors (Lipinski definition) is 2. The molecule has 0 saturated heterocycles. The maximum Gasteiger partial charge on any atom is 0.492 e. The predicted molar refractivity (Wildman–Crippen MR) is 97.7 cm³/mol. The van der Waals surface area contributed by atoms with Gasteiger partial charge < -0.3 is 14.8 Å². The first-order valence-corrected chi connectivity index (χ1v) is 7.98. The van der Waals surface area contributed by atoms with Gasteiger partial charge in [-0.2, -0.15) is 0 Å². The van der Waals surface area contributed by atoms with E-state index < -0.39 is 7.12 Å². The van der Waals surface area contributed by atoms with Gasteiger partial charge in [-0.05, 0) is 38.8 Å². The zero-order chi connectivity index (χ0) is 17.6. The van der Waals surface area contributed by atoms with Crippen LogP contribution in [0.4, 0.5) is 0 Å². The summed E-state index contributed by atoms with van der Waals surface area (Å²) in [6.07, 6.45) is 0. The fourth-order valence-electron chi connectivity index (χ4n) is 2.92. The number of hydrogen-bond acceptors (Lipinski definition) is 3. The molecule has 0 atom stereocenters. The topological polar surface area (TPSA) is 49.7 Å². The molecule has 0 aliphatic heterocycles. The molecule has 0 aliphatic carbocycles. The number of rotatable bonds is 2. The molecule has 0 aromatic heterocycles. The number of ether oxygens (including phenoxy) is 1. The van der Waals surface area contributed by atoms with Gasteiger partial charge in [0, 0.05) is 5.46 Å². The summed E-state index contributed by atoms with van der Waals surface area (Å²) in [5, 5.41) is 21.7. The van der Waals surface area contributed by atoms with Crippen molar-refractivity contribution in [1.29, 1.82) is 0 Å². The van der Waals surface area contributed by atoms with E-state index in [0.717, 1.165) is 16.3 Å². The molecule has 0 aliphatic rings. The summed E-state index contributed by atoms with van der Waals surface area (Å²) in [4.78, 5) is 0. The Morgan fingerprint density at radius 1 is 0.913 bits per heavy atom. The summed E-state index contributed by atoms with van der Waals surface area (Å²) < 4.78 is 5.55. The first-order chi connectivity index (χ1) is 10.5. The molecule has 0 saturated carbocycles. The van der Waals surface area contributed by atoms with Crippen LogP contribution in [0.25, 0.3) is 10.8 Å². The minimum atomic E-state index is -1.57. The second-order valence-corrected chi connectivity index (χ2v) is 8.18. The first-order valence-electron chi connectivity index (χ1n) is 7.98. The fraction of sp³-hybridized carbons (Fsp3) is 0.474. The highest BCUT2D eigenvalue weighted by Crippen LogP contribution is 2.35. The van der Waals surface area contributed by atoms with E-state index in [0.29, 0.717) is 11.2 Å². The van der Waals surface area contributed by atoms with Crippen LogP contribution in [0, 0.1) is 0 Å². The molecule has 2 aromatic rings. The molecule has 3 nitrogen and oxygen atoms in total. The van der Waals surface area contributed by atoms with E-state index >= 15 is 0 Å². The van der Waals surface area contributed by atoms with Crippen molar-refractivity contribution in [3.8, 4) is 5.75 Å². The van der Waals surface area contributed by atoms with Gasteiger partial charge in [-0.1, -0.05) is 59.7 Å². The predicted octanol–water partition coefficient (Wildman–Crippen LogP) is 3.12. The summed E-state index contributed by atoms with van der Waals surface area (Å²) in [7, 11) is 0.00135. The highest BCUT2D eigenvalue weighted by atomic mass is 16.5. The monoisotopic (exact) mass is 314 g/mol. The number of methoxy groups -OCH3 is 1. The minimum Gasteiger partial charge on any atom is -0.497 e. The van der Waals surface area contributed by atoms with Gasteiger partial charge in [0.15, 0.2) is 0 Å². The summed E-state index contributed by atoms with van der Waals surface area (Å²) in [5.74, 6) is 0.559. The molecular formula is C19H27BO3. The van der Waals surface area contributed by atoms with Crippen molar-refractivity contribution in [2.45, 2.75) is 52.4 Å². The Morgan fingerprint density at radius 3 is 1.96 bits per heavy atom. The van der Waals surface area contributed by atoms with Crippen LogP contribution in [0.15, 0.2) is 24.3 Å². The smallest absolute Gasteiger partial charge is 0.492 e. The van der Waals surface area contributed by atoms with Crippen LogP contribution in [0.2, 0.25) is 0 Å². The molecule has 0 heterocycles. The molecule has 0 spiro atoms. The summed E-state index contributed by atoms with van der Waals surface area (Å²) in [6, 6.07) is 8.25. The normalized spacial score (nSPS) is 12.6. The lowest BCUT2D eigenvalue weighted by Crippen LogP contribution is -2.34. The Kier molecular flexibility index (Phi) is 4.53. The lowest BCUT2D eigenvalue weighted by molar-refractivity contribution is 0.392. The molecular weight excluding hydrogens is 287 g/mol. The van der Waals surface area contributed by atoms with E-state index in [1.807, 2.05) is 12.1 Å². The van der Waals surface area contributed by atoms with Gasteiger partial charge in [-0.3, -0.25) is 0 Å². The average molecular weight is 314 g/mol. The first kappa shape index (κ1) is 17.8. The van der Waals surface area contributed by atoms with Crippen molar-refractivity contribution in [3.05, 3.63) is 35.4 Å². The Labute approximate surface area is 139 Å². The van der Waals surface area contributed by atoms with E-state index in [9.17, 15) is 10.0 Å². The Bertz CT molecular complexity index is 722. The third-order valence-corrected chi connectivity index (χ3v) is 4.27. The van der Waals surface area contributed by atoms with Gasteiger partial charge in [0.05, 0.1) is 7.11 Å². The maximum atomic E-state index is 9.93. The van der Waals surface area contributed by atoms with Gasteiger partial charge >= 0.3 is 7.12 Å². The largest absolute Gasteiger partial charge is 0.497 e. The fourth-order valence-corrected chi connectivity index (χ4v) is 2.92. The van der Waals surface area contributed by atoms with Crippen LogP contribution in [-0.4, -0.2) is 24.3 Å². The van der Waals surface area contributed by atoms with Gasteiger partial charge in [0.25, 0.3) is 0 Å². The van der Waals surface area contributed by atoms with Crippen molar-refractivity contribution in [2.24, 2.45) is 0 Å². The maximum absolute atomic E-state index is 9.93. The zero-order valence-corrected chi connectivity index (χ0v) is 15.2. The Hall–Kier alpha value is -1.52. The molecule has 2 rings (SSSR count). The van der Waals surface area contributed by atoms with Gasteiger partial charge in [-0.15, -0.1) is 0 Å². The number of fused-ring (bicyclic) bond motifs is 1. The summed E-state index contributed by atoms with van der Waals surface area (Å²) >= 11 is 0. The Balaban J connectivity index is 2.91. The molecule has 2 aromatic carbocycles.